The van der Waals surface area contributed by atoms with Gasteiger partial charge in [0.25, 0.3) is 5.56 Å². The Balaban J connectivity index is 1.87. The molecule has 0 saturated carbocycles. The maximum atomic E-state index is 12.6. The van der Waals surface area contributed by atoms with Gasteiger partial charge in [0.05, 0.1) is 10.8 Å². The van der Waals surface area contributed by atoms with Gasteiger partial charge in [-0.3, -0.25) is 14.2 Å². The molecule has 1 amide bonds. The minimum absolute atomic E-state index is 0.0626. The van der Waals surface area contributed by atoms with Gasteiger partial charge in [-0.25, -0.2) is 4.98 Å². The molecule has 3 heterocycles. The van der Waals surface area contributed by atoms with Crippen molar-refractivity contribution in [2.45, 2.75) is 44.1 Å². The summed E-state index contributed by atoms with van der Waals surface area (Å²) in [5, 5.41) is 8.53. The predicted octanol–water partition coefficient (Wildman–Crippen LogP) is 3.28. The third-order valence-corrected chi connectivity index (χ3v) is 5.88. The average Bonchev–Trinajstić information content (AvgIpc) is 3.21. The SMILES string of the molecule is CC[C@H](Sc1nc2ccsc2c(=O)n1CC)C(=O)Nc1cc(C)on1. The number of thioether (sulfide) groups is 1. The Hall–Kier alpha value is -2.13. The van der Waals surface area contributed by atoms with Crippen molar-refractivity contribution in [1.29, 1.82) is 0 Å². The van der Waals surface area contributed by atoms with E-state index >= 15 is 0 Å². The van der Waals surface area contributed by atoms with Crippen LogP contribution >= 0.6 is 23.1 Å². The van der Waals surface area contributed by atoms with Crippen LogP contribution in [0.1, 0.15) is 26.0 Å². The van der Waals surface area contributed by atoms with Crippen molar-refractivity contribution in [3.8, 4) is 0 Å². The number of anilines is 1. The van der Waals surface area contributed by atoms with Crippen molar-refractivity contribution in [2.24, 2.45) is 0 Å². The van der Waals surface area contributed by atoms with Crippen LogP contribution in [0.3, 0.4) is 0 Å². The first-order valence-corrected chi connectivity index (χ1v) is 9.68. The number of rotatable bonds is 6. The van der Waals surface area contributed by atoms with Crippen LogP contribution in [0.25, 0.3) is 10.2 Å². The van der Waals surface area contributed by atoms with Gasteiger partial charge in [0.1, 0.15) is 10.5 Å². The molecule has 0 spiro atoms. The second-order valence-corrected chi connectivity index (χ2v) is 7.49. The number of carbonyl (C=O) groups is 1. The fourth-order valence-electron chi connectivity index (χ4n) is 2.37. The largest absolute Gasteiger partial charge is 0.360 e. The summed E-state index contributed by atoms with van der Waals surface area (Å²) < 4.78 is 7.21. The van der Waals surface area contributed by atoms with Crippen LogP contribution in [0, 0.1) is 6.92 Å². The number of thiophene rings is 1. The molecule has 3 aromatic heterocycles. The van der Waals surface area contributed by atoms with E-state index in [0.29, 0.717) is 39.9 Å². The van der Waals surface area contributed by atoms with Crippen molar-refractivity contribution in [2.75, 3.05) is 5.32 Å². The van der Waals surface area contributed by atoms with Crippen molar-refractivity contribution in [1.82, 2.24) is 14.7 Å². The number of aryl methyl sites for hydroxylation is 1. The highest BCUT2D eigenvalue weighted by atomic mass is 32.2. The average molecular weight is 378 g/mol. The van der Waals surface area contributed by atoms with Gasteiger partial charge < -0.3 is 9.84 Å². The second kappa shape index (κ2) is 7.40. The molecule has 1 N–H and O–H groups in total. The minimum atomic E-state index is -0.391. The first-order chi connectivity index (χ1) is 12.0. The number of nitrogens with zero attached hydrogens (tertiary/aromatic N) is 3. The Labute approximate surface area is 152 Å². The van der Waals surface area contributed by atoms with Crippen molar-refractivity contribution in [3.63, 3.8) is 0 Å². The zero-order valence-corrected chi connectivity index (χ0v) is 15.7. The number of aromatic nitrogens is 3. The first kappa shape index (κ1) is 17.7. The van der Waals surface area contributed by atoms with Gasteiger partial charge in [-0.1, -0.05) is 23.8 Å². The van der Waals surface area contributed by atoms with E-state index in [2.05, 4.69) is 15.5 Å². The summed E-state index contributed by atoms with van der Waals surface area (Å²) >= 11 is 2.68. The number of carbonyl (C=O) groups excluding carboxylic acids is 1. The zero-order chi connectivity index (χ0) is 18.0. The fourth-order valence-corrected chi connectivity index (χ4v) is 4.23. The quantitative estimate of drug-likeness (QED) is 0.523. The zero-order valence-electron chi connectivity index (χ0n) is 14.1. The van der Waals surface area contributed by atoms with E-state index in [1.54, 1.807) is 17.6 Å². The summed E-state index contributed by atoms with van der Waals surface area (Å²) in [7, 11) is 0. The van der Waals surface area contributed by atoms with Crippen LogP contribution in [0.2, 0.25) is 0 Å². The summed E-state index contributed by atoms with van der Waals surface area (Å²) in [5.74, 6) is 0.819. The number of fused-ring (bicyclic) bond motifs is 1. The first-order valence-electron chi connectivity index (χ1n) is 7.92. The number of hydrogen-bond acceptors (Lipinski definition) is 7. The lowest BCUT2D eigenvalue weighted by atomic mass is 10.3. The van der Waals surface area contributed by atoms with Crippen LogP contribution in [-0.4, -0.2) is 25.9 Å². The van der Waals surface area contributed by atoms with Gasteiger partial charge in [0.2, 0.25) is 5.91 Å². The molecule has 0 unspecified atom stereocenters. The topological polar surface area (TPSA) is 90.0 Å². The summed E-state index contributed by atoms with van der Waals surface area (Å²) in [6.45, 7) is 6.08. The molecule has 25 heavy (non-hydrogen) atoms. The van der Waals surface area contributed by atoms with Gasteiger partial charge in [0, 0.05) is 12.6 Å². The molecule has 0 aliphatic heterocycles. The van der Waals surface area contributed by atoms with Crippen LogP contribution in [0.4, 0.5) is 5.82 Å². The summed E-state index contributed by atoms with van der Waals surface area (Å²) in [6.07, 6.45) is 0.592. The summed E-state index contributed by atoms with van der Waals surface area (Å²) in [4.78, 5) is 29.7. The molecule has 1 atom stereocenters. The monoisotopic (exact) mass is 378 g/mol. The Morgan fingerprint density at radius 3 is 2.92 bits per heavy atom. The smallest absolute Gasteiger partial charge is 0.272 e. The molecule has 0 aromatic carbocycles. The van der Waals surface area contributed by atoms with Crippen molar-refractivity contribution < 1.29 is 9.32 Å². The van der Waals surface area contributed by atoms with Crippen molar-refractivity contribution in [3.05, 3.63) is 33.6 Å². The molecular weight excluding hydrogens is 360 g/mol. The highest BCUT2D eigenvalue weighted by Gasteiger charge is 2.22. The van der Waals surface area contributed by atoms with E-state index in [4.69, 9.17) is 4.52 Å². The molecule has 0 aliphatic rings. The van der Waals surface area contributed by atoms with Gasteiger partial charge in [0.15, 0.2) is 11.0 Å². The second-order valence-electron chi connectivity index (χ2n) is 5.41. The van der Waals surface area contributed by atoms with E-state index in [0.717, 1.165) is 0 Å². The lowest BCUT2D eigenvalue weighted by Crippen LogP contribution is -2.27. The van der Waals surface area contributed by atoms with Crippen LogP contribution in [0.5, 0.6) is 0 Å². The molecule has 0 aliphatic carbocycles. The molecule has 3 rings (SSSR count). The highest BCUT2D eigenvalue weighted by Crippen LogP contribution is 2.27. The molecule has 9 heteroatoms. The Kier molecular flexibility index (Phi) is 5.24. The van der Waals surface area contributed by atoms with Crippen LogP contribution < -0.4 is 10.9 Å². The lowest BCUT2D eigenvalue weighted by molar-refractivity contribution is -0.115. The van der Waals surface area contributed by atoms with Gasteiger partial charge in [-0.2, -0.15) is 0 Å². The van der Waals surface area contributed by atoms with E-state index in [1.165, 1.54) is 23.1 Å². The molecule has 0 fully saturated rings. The molecule has 132 valence electrons. The maximum Gasteiger partial charge on any atom is 0.272 e. The third kappa shape index (κ3) is 3.62. The van der Waals surface area contributed by atoms with E-state index in [-0.39, 0.29) is 11.5 Å². The lowest BCUT2D eigenvalue weighted by Gasteiger charge is -2.16. The van der Waals surface area contributed by atoms with E-state index < -0.39 is 5.25 Å². The van der Waals surface area contributed by atoms with Gasteiger partial charge in [-0.05, 0) is 31.7 Å². The molecular formula is C16H18N4O3S2. The fraction of sp³-hybridized carbons (Fsp3) is 0.375. The molecule has 0 radical (unpaired) electrons. The summed E-state index contributed by atoms with van der Waals surface area (Å²) in [6, 6.07) is 3.48. The Morgan fingerprint density at radius 1 is 1.48 bits per heavy atom. The summed E-state index contributed by atoms with van der Waals surface area (Å²) in [5.41, 5.74) is 0.608. The molecule has 0 bridgehead atoms. The van der Waals surface area contributed by atoms with Gasteiger partial charge in [-0.15, -0.1) is 11.3 Å². The Bertz CT molecular complexity index is 960. The van der Waals surface area contributed by atoms with E-state index in [1.807, 2.05) is 25.3 Å². The molecule has 7 nitrogen and oxygen atoms in total. The number of hydrogen-bond donors (Lipinski definition) is 1. The molecule has 0 saturated heterocycles. The maximum absolute atomic E-state index is 12.6. The molecule has 3 aromatic rings. The predicted molar refractivity (Wildman–Crippen MR) is 99.4 cm³/mol. The minimum Gasteiger partial charge on any atom is -0.360 e. The third-order valence-electron chi connectivity index (χ3n) is 3.64. The number of nitrogens with one attached hydrogen (secondary N) is 1. The standard InChI is InChI=1S/C16H18N4O3S2/c1-4-11(14(21)18-12-8-9(3)23-19-12)25-16-17-10-6-7-24-13(10)15(22)20(16)5-2/h6-8,11H,4-5H2,1-3H3,(H,18,19,21)/t11-/m0/s1. The van der Waals surface area contributed by atoms with Crippen LogP contribution in [-0.2, 0) is 11.3 Å². The van der Waals surface area contributed by atoms with Gasteiger partial charge >= 0.3 is 0 Å². The Morgan fingerprint density at radius 2 is 2.28 bits per heavy atom. The van der Waals surface area contributed by atoms with Crippen molar-refractivity contribution >= 4 is 45.0 Å². The highest BCUT2D eigenvalue weighted by molar-refractivity contribution is 8.00. The van der Waals surface area contributed by atoms with E-state index in [9.17, 15) is 9.59 Å². The van der Waals surface area contributed by atoms with Crippen LogP contribution in [0.15, 0.2) is 32.0 Å². The number of amides is 1. The normalized spacial score (nSPS) is 12.4.